The number of hydrogen-bond acceptors (Lipinski definition) is 4. The molecule has 1 aromatic rings. The SMILES string of the molecule is COC(=O)c1ccc(CNCCC2CCOC2)[nH]1. The van der Waals surface area contributed by atoms with E-state index in [-0.39, 0.29) is 5.97 Å². The first-order valence-electron chi connectivity index (χ1n) is 6.34. The Labute approximate surface area is 107 Å². The highest BCUT2D eigenvalue weighted by molar-refractivity contribution is 5.87. The van der Waals surface area contributed by atoms with Crippen LogP contribution < -0.4 is 5.32 Å². The van der Waals surface area contributed by atoms with E-state index in [4.69, 9.17) is 4.74 Å². The maximum absolute atomic E-state index is 11.2. The van der Waals surface area contributed by atoms with E-state index in [1.807, 2.05) is 6.07 Å². The van der Waals surface area contributed by atoms with E-state index >= 15 is 0 Å². The molecule has 1 fully saturated rings. The molecule has 18 heavy (non-hydrogen) atoms. The van der Waals surface area contributed by atoms with Crippen LogP contribution in [0.3, 0.4) is 0 Å². The van der Waals surface area contributed by atoms with Crippen LogP contribution in [0.2, 0.25) is 0 Å². The van der Waals surface area contributed by atoms with Gasteiger partial charge in [-0.15, -0.1) is 0 Å². The summed E-state index contributed by atoms with van der Waals surface area (Å²) in [6.07, 6.45) is 2.32. The van der Waals surface area contributed by atoms with Gasteiger partial charge in [0.2, 0.25) is 0 Å². The van der Waals surface area contributed by atoms with E-state index < -0.39 is 0 Å². The van der Waals surface area contributed by atoms with Crippen molar-refractivity contribution in [1.29, 1.82) is 0 Å². The van der Waals surface area contributed by atoms with Crippen molar-refractivity contribution in [3.63, 3.8) is 0 Å². The Balaban J connectivity index is 1.66. The second-order valence-electron chi connectivity index (χ2n) is 4.58. The average Bonchev–Trinajstić information content (AvgIpc) is 3.05. The van der Waals surface area contributed by atoms with Gasteiger partial charge in [-0.2, -0.15) is 0 Å². The number of H-pyrrole nitrogens is 1. The Morgan fingerprint density at radius 2 is 2.50 bits per heavy atom. The fourth-order valence-corrected chi connectivity index (χ4v) is 2.11. The molecular weight excluding hydrogens is 232 g/mol. The summed E-state index contributed by atoms with van der Waals surface area (Å²) in [5.74, 6) is 0.371. The van der Waals surface area contributed by atoms with Gasteiger partial charge >= 0.3 is 5.97 Å². The summed E-state index contributed by atoms with van der Waals surface area (Å²) in [5, 5.41) is 3.36. The normalized spacial score (nSPS) is 19.1. The average molecular weight is 252 g/mol. The molecule has 1 aromatic heterocycles. The van der Waals surface area contributed by atoms with E-state index in [2.05, 4.69) is 15.0 Å². The Hall–Kier alpha value is -1.33. The van der Waals surface area contributed by atoms with Crippen molar-refractivity contribution in [2.45, 2.75) is 19.4 Å². The zero-order valence-electron chi connectivity index (χ0n) is 10.7. The summed E-state index contributed by atoms with van der Waals surface area (Å²) < 4.78 is 9.97. The lowest BCUT2D eigenvalue weighted by Gasteiger charge is -2.07. The first-order valence-corrected chi connectivity index (χ1v) is 6.34. The van der Waals surface area contributed by atoms with E-state index in [1.54, 1.807) is 6.07 Å². The molecule has 2 heterocycles. The maximum Gasteiger partial charge on any atom is 0.354 e. The summed E-state index contributed by atoms with van der Waals surface area (Å²) in [6.45, 7) is 3.52. The third kappa shape index (κ3) is 3.58. The van der Waals surface area contributed by atoms with Crippen LogP contribution in [0.5, 0.6) is 0 Å². The molecule has 1 unspecified atom stereocenters. The standard InChI is InChI=1S/C13H20N2O3/c1-17-13(16)12-3-2-11(15-12)8-14-6-4-10-5-7-18-9-10/h2-3,10,14-15H,4-9H2,1H3. The van der Waals surface area contributed by atoms with Crippen LogP contribution in [0.1, 0.15) is 29.0 Å². The fourth-order valence-electron chi connectivity index (χ4n) is 2.11. The highest BCUT2D eigenvalue weighted by atomic mass is 16.5. The Bertz CT molecular complexity index is 383. The van der Waals surface area contributed by atoms with Crippen molar-refractivity contribution in [2.75, 3.05) is 26.9 Å². The van der Waals surface area contributed by atoms with E-state index in [9.17, 15) is 4.79 Å². The smallest absolute Gasteiger partial charge is 0.354 e. The van der Waals surface area contributed by atoms with Crippen molar-refractivity contribution in [3.05, 3.63) is 23.5 Å². The van der Waals surface area contributed by atoms with Gasteiger partial charge in [0.15, 0.2) is 0 Å². The molecule has 1 aliphatic rings. The Morgan fingerprint density at radius 3 is 3.22 bits per heavy atom. The monoisotopic (exact) mass is 252 g/mol. The number of aromatic amines is 1. The lowest BCUT2D eigenvalue weighted by molar-refractivity contribution is 0.0594. The maximum atomic E-state index is 11.2. The molecule has 5 heteroatoms. The number of carbonyl (C=O) groups excluding carboxylic acids is 1. The predicted molar refractivity (Wildman–Crippen MR) is 67.4 cm³/mol. The zero-order valence-corrected chi connectivity index (χ0v) is 10.7. The van der Waals surface area contributed by atoms with Crippen molar-refractivity contribution in [1.82, 2.24) is 10.3 Å². The van der Waals surface area contributed by atoms with E-state index in [0.717, 1.165) is 38.4 Å². The molecule has 0 saturated carbocycles. The molecule has 1 aliphatic heterocycles. The molecule has 5 nitrogen and oxygen atoms in total. The van der Waals surface area contributed by atoms with Crippen LogP contribution in [-0.4, -0.2) is 37.8 Å². The largest absolute Gasteiger partial charge is 0.464 e. The van der Waals surface area contributed by atoms with Gasteiger partial charge in [-0.1, -0.05) is 0 Å². The first-order chi connectivity index (χ1) is 8.79. The molecular formula is C13H20N2O3. The summed E-state index contributed by atoms with van der Waals surface area (Å²) in [4.78, 5) is 14.3. The van der Waals surface area contributed by atoms with Gasteiger partial charge < -0.3 is 19.8 Å². The molecule has 2 N–H and O–H groups in total. The molecule has 2 rings (SSSR count). The van der Waals surface area contributed by atoms with E-state index in [1.165, 1.54) is 13.5 Å². The van der Waals surface area contributed by atoms with Crippen LogP contribution in [-0.2, 0) is 16.0 Å². The van der Waals surface area contributed by atoms with Crippen molar-refractivity contribution >= 4 is 5.97 Å². The zero-order chi connectivity index (χ0) is 12.8. The number of carbonyl (C=O) groups is 1. The number of hydrogen-bond donors (Lipinski definition) is 2. The second kappa shape index (κ2) is 6.56. The molecule has 0 aliphatic carbocycles. The quantitative estimate of drug-likeness (QED) is 0.592. The summed E-state index contributed by atoms with van der Waals surface area (Å²) in [5.41, 5.74) is 1.50. The third-order valence-corrected chi connectivity index (χ3v) is 3.22. The third-order valence-electron chi connectivity index (χ3n) is 3.22. The highest BCUT2D eigenvalue weighted by Gasteiger charge is 2.14. The van der Waals surface area contributed by atoms with Gasteiger partial charge in [-0.25, -0.2) is 4.79 Å². The van der Waals surface area contributed by atoms with Crippen LogP contribution in [0.25, 0.3) is 0 Å². The minimum absolute atomic E-state index is 0.329. The van der Waals surface area contributed by atoms with Crippen molar-refractivity contribution in [2.24, 2.45) is 5.92 Å². The van der Waals surface area contributed by atoms with Gasteiger partial charge in [0.25, 0.3) is 0 Å². The van der Waals surface area contributed by atoms with Crippen LogP contribution >= 0.6 is 0 Å². The lowest BCUT2D eigenvalue weighted by atomic mass is 10.1. The molecule has 0 spiro atoms. The van der Waals surface area contributed by atoms with Gasteiger partial charge in [-0.05, 0) is 37.4 Å². The Morgan fingerprint density at radius 1 is 1.61 bits per heavy atom. The van der Waals surface area contributed by atoms with Gasteiger partial charge in [-0.3, -0.25) is 0 Å². The molecule has 0 aromatic carbocycles. The van der Waals surface area contributed by atoms with Gasteiger partial charge in [0.05, 0.1) is 7.11 Å². The van der Waals surface area contributed by atoms with E-state index in [0.29, 0.717) is 11.6 Å². The van der Waals surface area contributed by atoms with Gasteiger partial charge in [0, 0.05) is 25.5 Å². The predicted octanol–water partition coefficient (Wildman–Crippen LogP) is 1.32. The number of aromatic nitrogens is 1. The summed E-state index contributed by atoms with van der Waals surface area (Å²) >= 11 is 0. The topological polar surface area (TPSA) is 63.4 Å². The van der Waals surface area contributed by atoms with Crippen LogP contribution in [0, 0.1) is 5.92 Å². The fraction of sp³-hybridized carbons (Fsp3) is 0.615. The number of methoxy groups -OCH3 is 1. The lowest BCUT2D eigenvalue weighted by Crippen LogP contribution is -2.18. The number of esters is 1. The number of ether oxygens (including phenoxy) is 2. The van der Waals surface area contributed by atoms with Gasteiger partial charge in [0.1, 0.15) is 5.69 Å². The number of nitrogens with one attached hydrogen (secondary N) is 2. The summed E-state index contributed by atoms with van der Waals surface area (Å²) in [7, 11) is 1.38. The van der Waals surface area contributed by atoms with Crippen LogP contribution in [0.15, 0.2) is 12.1 Å². The Kier molecular flexibility index (Phi) is 4.78. The van der Waals surface area contributed by atoms with Crippen LogP contribution in [0.4, 0.5) is 0 Å². The van der Waals surface area contributed by atoms with Crippen molar-refractivity contribution in [3.8, 4) is 0 Å². The molecule has 1 atom stereocenters. The highest BCUT2D eigenvalue weighted by Crippen LogP contribution is 2.15. The summed E-state index contributed by atoms with van der Waals surface area (Å²) in [6, 6.07) is 3.64. The molecule has 0 radical (unpaired) electrons. The molecule has 1 saturated heterocycles. The molecule has 0 bridgehead atoms. The van der Waals surface area contributed by atoms with Crippen molar-refractivity contribution < 1.29 is 14.3 Å². The first kappa shape index (κ1) is 13.1. The minimum Gasteiger partial charge on any atom is -0.464 e. The minimum atomic E-state index is -0.329. The number of rotatable bonds is 6. The second-order valence-corrected chi connectivity index (χ2v) is 4.58. The molecule has 100 valence electrons. The molecule has 0 amide bonds.